The van der Waals surface area contributed by atoms with E-state index in [-0.39, 0.29) is 15.7 Å². The van der Waals surface area contributed by atoms with Crippen LogP contribution in [-0.2, 0) is 21.2 Å². The minimum Gasteiger partial charge on any atom is -0.352 e. The highest BCUT2D eigenvalue weighted by Crippen LogP contribution is 2.27. The lowest BCUT2D eigenvalue weighted by Crippen LogP contribution is -2.19. The molecule has 0 atom stereocenters. The van der Waals surface area contributed by atoms with Crippen molar-refractivity contribution in [1.82, 2.24) is 5.32 Å². The summed E-state index contributed by atoms with van der Waals surface area (Å²) in [6.07, 6.45) is 0. The van der Waals surface area contributed by atoms with Gasteiger partial charge in [0.15, 0.2) is 0 Å². The normalized spacial score (nSPS) is 11.4. The van der Waals surface area contributed by atoms with Crippen molar-refractivity contribution in [2.24, 2.45) is 0 Å². The van der Waals surface area contributed by atoms with Crippen molar-refractivity contribution in [3.63, 3.8) is 0 Å². The monoisotopic (exact) mass is 357 g/mol. The van der Waals surface area contributed by atoms with E-state index in [1.807, 2.05) is 6.07 Å². The van der Waals surface area contributed by atoms with Gasteiger partial charge in [0, 0.05) is 13.5 Å². The first-order chi connectivity index (χ1) is 11.9. The Morgan fingerprint density at radius 2 is 1.72 bits per heavy atom. The third-order valence-electron chi connectivity index (χ3n) is 3.89. The van der Waals surface area contributed by atoms with Gasteiger partial charge in [-0.25, -0.2) is 12.8 Å². The first-order valence-electron chi connectivity index (χ1n) is 7.65. The summed E-state index contributed by atoms with van der Waals surface area (Å²) in [7, 11) is -3.80. The largest absolute Gasteiger partial charge is 0.352 e. The molecule has 4 nitrogen and oxygen atoms in total. The van der Waals surface area contributed by atoms with Gasteiger partial charge >= 0.3 is 0 Å². The highest BCUT2D eigenvalue weighted by molar-refractivity contribution is 7.91. The van der Waals surface area contributed by atoms with E-state index in [0.29, 0.717) is 6.54 Å². The highest BCUT2D eigenvalue weighted by atomic mass is 32.2. The fourth-order valence-electron chi connectivity index (χ4n) is 2.64. The summed E-state index contributed by atoms with van der Waals surface area (Å²) in [6, 6.07) is 15.2. The lowest BCUT2D eigenvalue weighted by atomic mass is 10.0. The molecule has 0 bridgehead atoms. The minimum atomic E-state index is -3.80. The van der Waals surface area contributed by atoms with Gasteiger partial charge < -0.3 is 5.32 Å². The summed E-state index contributed by atoms with van der Waals surface area (Å²) in [5.41, 5.74) is 0.891. The van der Waals surface area contributed by atoms with E-state index in [2.05, 4.69) is 5.32 Å². The zero-order chi connectivity index (χ0) is 18.0. The molecule has 0 fully saturated rings. The van der Waals surface area contributed by atoms with Crippen LogP contribution in [0.15, 0.2) is 70.5 Å². The minimum absolute atomic E-state index is 0.0822. The fourth-order valence-corrected chi connectivity index (χ4v) is 3.97. The van der Waals surface area contributed by atoms with Gasteiger partial charge in [0.1, 0.15) is 5.82 Å². The molecule has 0 aliphatic rings. The van der Waals surface area contributed by atoms with E-state index in [9.17, 15) is 17.6 Å². The first-order valence-corrected chi connectivity index (χ1v) is 9.13. The second-order valence-corrected chi connectivity index (χ2v) is 7.62. The van der Waals surface area contributed by atoms with Crippen molar-refractivity contribution in [1.29, 1.82) is 0 Å². The van der Waals surface area contributed by atoms with Crippen LogP contribution in [0.1, 0.15) is 12.5 Å². The lowest BCUT2D eigenvalue weighted by Gasteiger charge is -2.10. The summed E-state index contributed by atoms with van der Waals surface area (Å²) in [5, 5.41) is 4.32. The molecule has 128 valence electrons. The Kier molecular flexibility index (Phi) is 4.55. The van der Waals surface area contributed by atoms with Gasteiger partial charge in [0.05, 0.1) is 9.79 Å². The van der Waals surface area contributed by atoms with Crippen molar-refractivity contribution in [3.8, 4) is 0 Å². The van der Waals surface area contributed by atoms with Crippen molar-refractivity contribution >= 4 is 26.5 Å². The first kappa shape index (κ1) is 17.1. The average Bonchev–Trinajstić information content (AvgIpc) is 2.59. The predicted octanol–water partition coefficient (Wildman–Crippen LogP) is 3.45. The van der Waals surface area contributed by atoms with Crippen molar-refractivity contribution < 1.29 is 17.6 Å². The molecule has 0 aliphatic heterocycles. The molecule has 25 heavy (non-hydrogen) atoms. The van der Waals surface area contributed by atoms with Crippen LogP contribution in [-0.4, -0.2) is 14.3 Å². The van der Waals surface area contributed by atoms with E-state index >= 15 is 0 Å². The fraction of sp³-hybridized carbons (Fsp3) is 0.105. The maximum absolute atomic E-state index is 13.4. The summed E-state index contributed by atoms with van der Waals surface area (Å²) < 4.78 is 38.8. The Hall–Kier alpha value is -2.73. The lowest BCUT2D eigenvalue weighted by molar-refractivity contribution is -0.119. The molecule has 0 radical (unpaired) electrons. The SMILES string of the molecule is CC(=O)NCc1cccc2cc(S(=O)(=O)c3cccc(F)c3)ccc12. The summed E-state index contributed by atoms with van der Waals surface area (Å²) >= 11 is 0. The number of benzene rings is 3. The zero-order valence-corrected chi connectivity index (χ0v) is 14.3. The number of nitrogens with one attached hydrogen (secondary N) is 1. The standard InChI is InChI=1S/C19H16FNO3S/c1-13(22)21-12-15-5-2-4-14-10-18(8-9-19(14)15)25(23,24)17-7-3-6-16(20)11-17/h2-11H,12H2,1H3,(H,21,22). The van der Waals surface area contributed by atoms with Gasteiger partial charge in [-0.3, -0.25) is 4.79 Å². The quantitative estimate of drug-likeness (QED) is 0.778. The van der Waals surface area contributed by atoms with Crippen molar-refractivity contribution in [3.05, 3.63) is 72.0 Å². The van der Waals surface area contributed by atoms with E-state index in [1.54, 1.807) is 24.3 Å². The molecule has 0 unspecified atom stereocenters. The Bertz CT molecular complexity index is 1060. The number of hydrogen-bond donors (Lipinski definition) is 1. The van der Waals surface area contributed by atoms with Crippen molar-refractivity contribution in [2.75, 3.05) is 0 Å². The molecule has 0 spiro atoms. The summed E-state index contributed by atoms with van der Waals surface area (Å²) in [4.78, 5) is 11.1. The zero-order valence-electron chi connectivity index (χ0n) is 13.5. The molecular weight excluding hydrogens is 341 g/mol. The second kappa shape index (κ2) is 6.64. The number of rotatable bonds is 4. The maximum atomic E-state index is 13.4. The van der Waals surface area contributed by atoms with Crippen LogP contribution in [0.5, 0.6) is 0 Å². The smallest absolute Gasteiger partial charge is 0.217 e. The molecule has 3 aromatic carbocycles. The van der Waals surface area contributed by atoms with E-state index < -0.39 is 15.7 Å². The summed E-state index contributed by atoms with van der Waals surface area (Å²) in [5.74, 6) is -0.734. The molecule has 6 heteroatoms. The summed E-state index contributed by atoms with van der Waals surface area (Å²) in [6.45, 7) is 1.80. The molecule has 0 aliphatic carbocycles. The molecule has 3 rings (SSSR count). The Morgan fingerprint density at radius 1 is 1.00 bits per heavy atom. The predicted molar refractivity (Wildman–Crippen MR) is 93.3 cm³/mol. The molecule has 3 aromatic rings. The number of amides is 1. The molecular formula is C19H16FNO3S. The highest BCUT2D eigenvalue weighted by Gasteiger charge is 2.18. The third kappa shape index (κ3) is 3.53. The van der Waals surface area contributed by atoms with Crippen LogP contribution >= 0.6 is 0 Å². The van der Waals surface area contributed by atoms with Crippen LogP contribution < -0.4 is 5.32 Å². The molecule has 0 heterocycles. The number of fused-ring (bicyclic) bond motifs is 1. The topological polar surface area (TPSA) is 63.2 Å². The maximum Gasteiger partial charge on any atom is 0.217 e. The third-order valence-corrected chi connectivity index (χ3v) is 5.64. The second-order valence-electron chi connectivity index (χ2n) is 5.67. The van der Waals surface area contributed by atoms with Crippen LogP contribution in [0, 0.1) is 5.82 Å². The van der Waals surface area contributed by atoms with Gasteiger partial charge in [0.25, 0.3) is 0 Å². The number of hydrogen-bond acceptors (Lipinski definition) is 3. The Labute approximate surface area is 145 Å². The van der Waals surface area contributed by atoms with Crippen LogP contribution in [0.3, 0.4) is 0 Å². The van der Waals surface area contributed by atoms with Crippen LogP contribution in [0.4, 0.5) is 4.39 Å². The Morgan fingerprint density at radius 3 is 2.44 bits per heavy atom. The molecule has 1 amide bonds. The van der Waals surface area contributed by atoms with E-state index in [1.165, 1.54) is 31.2 Å². The Balaban J connectivity index is 2.06. The number of carbonyl (C=O) groups is 1. The number of carbonyl (C=O) groups excluding carboxylic acids is 1. The number of halogens is 1. The van der Waals surface area contributed by atoms with Crippen LogP contribution in [0.25, 0.3) is 10.8 Å². The molecule has 0 aromatic heterocycles. The average molecular weight is 357 g/mol. The van der Waals surface area contributed by atoms with Gasteiger partial charge in [-0.05, 0) is 46.7 Å². The van der Waals surface area contributed by atoms with E-state index in [0.717, 1.165) is 22.4 Å². The van der Waals surface area contributed by atoms with Gasteiger partial charge in [-0.1, -0.05) is 30.3 Å². The van der Waals surface area contributed by atoms with Gasteiger partial charge in [0.2, 0.25) is 15.7 Å². The van der Waals surface area contributed by atoms with Crippen molar-refractivity contribution in [2.45, 2.75) is 23.3 Å². The molecule has 0 saturated carbocycles. The molecule has 0 saturated heterocycles. The van der Waals surface area contributed by atoms with Crippen LogP contribution in [0.2, 0.25) is 0 Å². The van der Waals surface area contributed by atoms with Gasteiger partial charge in [-0.15, -0.1) is 0 Å². The van der Waals surface area contributed by atoms with Gasteiger partial charge in [-0.2, -0.15) is 0 Å². The number of sulfone groups is 1. The van der Waals surface area contributed by atoms with E-state index in [4.69, 9.17) is 0 Å². The molecule has 1 N–H and O–H groups in total.